The smallest absolute Gasteiger partial charge is 0.0698 e. The predicted octanol–water partition coefficient (Wildman–Crippen LogP) is 3.29. The SMILES string of the molecule is CCCNC1CCC(C(C)C)CC1N1CCCC(OC)C1. The van der Waals surface area contributed by atoms with E-state index in [0.29, 0.717) is 12.1 Å². The maximum atomic E-state index is 5.64. The van der Waals surface area contributed by atoms with Crippen molar-refractivity contribution in [2.24, 2.45) is 11.8 Å². The molecule has 1 N–H and O–H groups in total. The molecule has 21 heavy (non-hydrogen) atoms. The van der Waals surface area contributed by atoms with E-state index in [-0.39, 0.29) is 0 Å². The summed E-state index contributed by atoms with van der Waals surface area (Å²) in [5.74, 6) is 1.72. The number of nitrogens with zero attached hydrogens (tertiary/aromatic N) is 1. The summed E-state index contributed by atoms with van der Waals surface area (Å²) >= 11 is 0. The van der Waals surface area contributed by atoms with Crippen molar-refractivity contribution in [3.8, 4) is 0 Å². The predicted molar refractivity (Wildman–Crippen MR) is 89.7 cm³/mol. The molecule has 0 aromatic heterocycles. The molecule has 124 valence electrons. The number of methoxy groups -OCH3 is 1. The fourth-order valence-electron chi connectivity index (χ4n) is 4.21. The second-order valence-corrected chi connectivity index (χ2v) is 7.44. The van der Waals surface area contributed by atoms with Gasteiger partial charge >= 0.3 is 0 Å². The minimum Gasteiger partial charge on any atom is -0.380 e. The van der Waals surface area contributed by atoms with E-state index in [9.17, 15) is 0 Å². The average molecular weight is 296 g/mol. The highest BCUT2D eigenvalue weighted by Gasteiger charge is 2.36. The van der Waals surface area contributed by atoms with Crippen molar-refractivity contribution in [3.05, 3.63) is 0 Å². The molecule has 0 aromatic carbocycles. The summed E-state index contributed by atoms with van der Waals surface area (Å²) in [6, 6.07) is 1.41. The van der Waals surface area contributed by atoms with E-state index in [1.54, 1.807) is 0 Å². The average Bonchev–Trinajstić information content (AvgIpc) is 2.52. The number of hydrogen-bond acceptors (Lipinski definition) is 3. The second kappa shape index (κ2) is 8.50. The van der Waals surface area contributed by atoms with E-state index in [4.69, 9.17) is 4.74 Å². The lowest BCUT2D eigenvalue weighted by atomic mass is 9.76. The zero-order chi connectivity index (χ0) is 15.2. The van der Waals surface area contributed by atoms with Crippen LogP contribution in [0, 0.1) is 11.8 Å². The molecule has 1 heterocycles. The lowest BCUT2D eigenvalue weighted by Gasteiger charge is -2.46. The van der Waals surface area contributed by atoms with E-state index in [1.165, 1.54) is 45.1 Å². The number of nitrogens with one attached hydrogen (secondary N) is 1. The van der Waals surface area contributed by atoms with Gasteiger partial charge in [0.1, 0.15) is 0 Å². The first-order chi connectivity index (χ1) is 10.2. The molecule has 2 rings (SSSR count). The van der Waals surface area contributed by atoms with Crippen LogP contribution in [0.3, 0.4) is 0 Å². The highest BCUT2D eigenvalue weighted by Crippen LogP contribution is 2.34. The third kappa shape index (κ3) is 4.67. The summed E-state index contributed by atoms with van der Waals surface area (Å²) in [7, 11) is 1.87. The Kier molecular flexibility index (Phi) is 6.97. The first kappa shape index (κ1) is 17.2. The molecule has 2 aliphatic rings. The topological polar surface area (TPSA) is 24.5 Å². The summed E-state index contributed by atoms with van der Waals surface area (Å²) in [6.45, 7) is 10.6. The molecule has 4 unspecified atom stereocenters. The van der Waals surface area contributed by atoms with Gasteiger partial charge in [0.25, 0.3) is 0 Å². The number of likely N-dealkylation sites (tertiary alicyclic amines) is 1. The third-order valence-corrected chi connectivity index (χ3v) is 5.67. The molecule has 4 atom stereocenters. The summed E-state index contributed by atoms with van der Waals surface area (Å²) in [5.41, 5.74) is 0. The Labute approximate surface area is 131 Å². The fraction of sp³-hybridized carbons (Fsp3) is 1.00. The van der Waals surface area contributed by atoms with Crippen molar-refractivity contribution in [3.63, 3.8) is 0 Å². The first-order valence-electron chi connectivity index (χ1n) is 9.15. The van der Waals surface area contributed by atoms with Crippen molar-refractivity contribution in [1.82, 2.24) is 10.2 Å². The molecule has 0 aromatic rings. The molecular formula is C18H36N2O. The maximum absolute atomic E-state index is 5.64. The summed E-state index contributed by atoms with van der Waals surface area (Å²) in [5, 5.41) is 3.83. The molecule has 0 bridgehead atoms. The zero-order valence-electron chi connectivity index (χ0n) is 14.6. The van der Waals surface area contributed by atoms with Crippen molar-refractivity contribution in [1.29, 1.82) is 0 Å². The Morgan fingerprint density at radius 1 is 1.24 bits per heavy atom. The molecular weight excluding hydrogens is 260 g/mol. The van der Waals surface area contributed by atoms with Gasteiger partial charge in [-0.05, 0) is 63.5 Å². The van der Waals surface area contributed by atoms with Crippen molar-refractivity contribution >= 4 is 0 Å². The van der Waals surface area contributed by atoms with Gasteiger partial charge in [-0.1, -0.05) is 20.8 Å². The van der Waals surface area contributed by atoms with Crippen molar-refractivity contribution in [2.45, 2.75) is 77.5 Å². The van der Waals surface area contributed by atoms with Crippen LogP contribution in [0.5, 0.6) is 0 Å². The van der Waals surface area contributed by atoms with Gasteiger partial charge in [-0.25, -0.2) is 0 Å². The lowest BCUT2D eigenvalue weighted by molar-refractivity contribution is -0.00883. The largest absolute Gasteiger partial charge is 0.380 e. The van der Waals surface area contributed by atoms with Gasteiger partial charge in [0.2, 0.25) is 0 Å². The Morgan fingerprint density at radius 3 is 2.71 bits per heavy atom. The van der Waals surface area contributed by atoms with Crippen LogP contribution in [0.25, 0.3) is 0 Å². The van der Waals surface area contributed by atoms with Crippen LogP contribution in [0.1, 0.15) is 59.3 Å². The van der Waals surface area contributed by atoms with Crippen LogP contribution >= 0.6 is 0 Å². The van der Waals surface area contributed by atoms with Gasteiger partial charge < -0.3 is 10.1 Å². The summed E-state index contributed by atoms with van der Waals surface area (Å²) < 4.78 is 5.64. The van der Waals surface area contributed by atoms with E-state index in [2.05, 4.69) is 31.0 Å². The van der Waals surface area contributed by atoms with Gasteiger partial charge in [-0.15, -0.1) is 0 Å². The monoisotopic (exact) mass is 296 g/mol. The van der Waals surface area contributed by atoms with Gasteiger partial charge in [0.05, 0.1) is 6.10 Å². The van der Waals surface area contributed by atoms with E-state index in [0.717, 1.165) is 31.0 Å². The Hall–Kier alpha value is -0.120. The highest BCUT2D eigenvalue weighted by atomic mass is 16.5. The molecule has 2 fully saturated rings. The molecule has 3 nitrogen and oxygen atoms in total. The van der Waals surface area contributed by atoms with Crippen LogP contribution in [-0.2, 0) is 4.74 Å². The van der Waals surface area contributed by atoms with Gasteiger partial charge in [-0.2, -0.15) is 0 Å². The molecule has 1 aliphatic carbocycles. The van der Waals surface area contributed by atoms with Crippen molar-refractivity contribution in [2.75, 3.05) is 26.7 Å². The zero-order valence-corrected chi connectivity index (χ0v) is 14.6. The van der Waals surface area contributed by atoms with Crippen LogP contribution < -0.4 is 5.32 Å². The molecule has 3 heteroatoms. The quantitative estimate of drug-likeness (QED) is 0.814. The van der Waals surface area contributed by atoms with Crippen molar-refractivity contribution < 1.29 is 4.74 Å². The minimum absolute atomic E-state index is 0.449. The summed E-state index contributed by atoms with van der Waals surface area (Å²) in [4.78, 5) is 2.74. The van der Waals surface area contributed by atoms with Crippen LogP contribution in [0.4, 0.5) is 0 Å². The Balaban J connectivity index is 2.01. The van der Waals surface area contributed by atoms with E-state index < -0.39 is 0 Å². The fourth-order valence-corrected chi connectivity index (χ4v) is 4.21. The maximum Gasteiger partial charge on any atom is 0.0698 e. The molecule has 1 saturated heterocycles. The first-order valence-corrected chi connectivity index (χ1v) is 9.15. The molecule has 0 spiro atoms. The highest BCUT2D eigenvalue weighted by molar-refractivity contribution is 4.93. The van der Waals surface area contributed by atoms with E-state index in [1.807, 2.05) is 7.11 Å². The molecule has 1 aliphatic heterocycles. The molecule has 1 saturated carbocycles. The minimum atomic E-state index is 0.449. The van der Waals surface area contributed by atoms with Crippen LogP contribution in [0.15, 0.2) is 0 Å². The van der Waals surface area contributed by atoms with Crippen LogP contribution in [0.2, 0.25) is 0 Å². The van der Waals surface area contributed by atoms with Crippen LogP contribution in [-0.4, -0.2) is 49.8 Å². The standard InChI is InChI=1S/C18H36N2O/c1-5-10-19-17-9-8-15(14(2)3)12-18(17)20-11-6-7-16(13-20)21-4/h14-19H,5-13H2,1-4H3. The Bertz CT molecular complexity index is 295. The molecule has 0 radical (unpaired) electrons. The lowest BCUT2D eigenvalue weighted by Crippen LogP contribution is -2.57. The van der Waals surface area contributed by atoms with Gasteiger partial charge in [0, 0.05) is 25.7 Å². The number of piperidine rings is 1. The number of ether oxygens (including phenoxy) is 1. The normalized spacial score (nSPS) is 35.3. The van der Waals surface area contributed by atoms with Gasteiger partial charge in [-0.3, -0.25) is 4.90 Å². The Morgan fingerprint density at radius 2 is 2.05 bits per heavy atom. The third-order valence-electron chi connectivity index (χ3n) is 5.67. The summed E-state index contributed by atoms with van der Waals surface area (Å²) in [6.07, 6.45) is 8.33. The second-order valence-electron chi connectivity index (χ2n) is 7.44. The molecule has 0 amide bonds. The number of rotatable bonds is 6. The number of hydrogen-bond donors (Lipinski definition) is 1. The van der Waals surface area contributed by atoms with Gasteiger partial charge in [0.15, 0.2) is 0 Å². The van der Waals surface area contributed by atoms with E-state index >= 15 is 0 Å².